The van der Waals surface area contributed by atoms with Crippen LogP contribution >= 0.6 is 11.3 Å². The maximum absolute atomic E-state index is 14.1. The van der Waals surface area contributed by atoms with Crippen LogP contribution in [0.5, 0.6) is 5.75 Å². The van der Waals surface area contributed by atoms with Crippen LogP contribution in [-0.2, 0) is 10.0 Å². The molecule has 36 heavy (non-hydrogen) atoms. The summed E-state index contributed by atoms with van der Waals surface area (Å²) in [6.45, 7) is 0. The van der Waals surface area contributed by atoms with E-state index in [0.29, 0.717) is 5.01 Å². The normalized spacial score (nSPS) is 11.5. The van der Waals surface area contributed by atoms with Crippen molar-refractivity contribution in [1.82, 2.24) is 9.97 Å². The van der Waals surface area contributed by atoms with Gasteiger partial charge in [0.1, 0.15) is 16.6 Å². The predicted octanol–water partition coefficient (Wildman–Crippen LogP) is 5.61. The lowest BCUT2D eigenvalue weighted by molar-refractivity contribution is 0.0691. The number of thiazole rings is 1. The molecule has 0 amide bonds. The topological polar surface area (TPSA) is 121 Å². The number of sulfonamides is 1. The van der Waals surface area contributed by atoms with E-state index in [1.807, 2.05) is 48.5 Å². The molecule has 0 bridgehead atoms. The maximum atomic E-state index is 14.1. The molecule has 11 heteroatoms. The quantitative estimate of drug-likeness (QED) is 0.255. The number of benzene rings is 3. The molecule has 5 rings (SSSR count). The third-order valence-electron chi connectivity index (χ3n) is 5.50. The Hall–Kier alpha value is -4.22. The number of fused-ring (bicyclic) bond motifs is 1. The van der Waals surface area contributed by atoms with E-state index in [0.717, 1.165) is 51.2 Å². The minimum absolute atomic E-state index is 0.139. The van der Waals surface area contributed by atoms with Crippen molar-refractivity contribution in [2.45, 2.75) is 5.03 Å². The molecule has 182 valence electrons. The molecule has 0 fully saturated rings. The molecule has 0 radical (unpaired) electrons. The molecule has 3 N–H and O–H groups in total. The molecular weight excluding hydrogens is 505 g/mol. The summed E-state index contributed by atoms with van der Waals surface area (Å²) in [5.41, 5.74) is 2.83. The Kier molecular flexibility index (Phi) is 5.94. The van der Waals surface area contributed by atoms with Crippen molar-refractivity contribution in [1.29, 1.82) is 0 Å². The van der Waals surface area contributed by atoms with Crippen LogP contribution in [-0.4, -0.2) is 36.6 Å². The molecule has 0 unspecified atom stereocenters. The van der Waals surface area contributed by atoms with Gasteiger partial charge in [0, 0.05) is 33.6 Å². The zero-order chi connectivity index (χ0) is 25.4. The summed E-state index contributed by atoms with van der Waals surface area (Å²) in [4.78, 5) is 18.8. The van der Waals surface area contributed by atoms with E-state index >= 15 is 0 Å². The summed E-state index contributed by atoms with van der Waals surface area (Å²) in [6.07, 6.45) is 0. The van der Waals surface area contributed by atoms with Gasteiger partial charge < -0.3 is 14.8 Å². The summed E-state index contributed by atoms with van der Waals surface area (Å²) < 4.78 is 47.2. The standard InChI is InChI=1S/C25H18FN3O5S2/c1-34-22-11-17(25(30)31)18(26)12-21(22)29-36(32,33)23-13-35-24(28-23)15-8-6-14(7-9-15)20-10-16-4-2-3-5-19(16)27-20/h2-13,27,29H,1H3,(H,30,31). The fraction of sp³-hybridized carbons (Fsp3) is 0.0400. The van der Waals surface area contributed by atoms with E-state index in [2.05, 4.69) is 20.8 Å². The number of carboxylic acid groups (broad SMARTS) is 1. The Labute approximate surface area is 209 Å². The zero-order valence-electron chi connectivity index (χ0n) is 18.7. The van der Waals surface area contributed by atoms with Gasteiger partial charge in [-0.15, -0.1) is 11.3 Å². The Morgan fingerprint density at radius 1 is 1.08 bits per heavy atom. The number of H-pyrrole nitrogens is 1. The van der Waals surface area contributed by atoms with E-state index in [1.54, 1.807) is 0 Å². The number of hydrogen-bond acceptors (Lipinski definition) is 6. The van der Waals surface area contributed by atoms with Gasteiger partial charge in [-0.1, -0.05) is 42.5 Å². The molecule has 0 saturated carbocycles. The number of para-hydroxylation sites is 1. The predicted molar refractivity (Wildman–Crippen MR) is 136 cm³/mol. The van der Waals surface area contributed by atoms with Crippen molar-refractivity contribution >= 4 is 43.9 Å². The summed E-state index contributed by atoms with van der Waals surface area (Å²) in [5, 5.41) is 11.8. The molecule has 0 aliphatic heterocycles. The Morgan fingerprint density at radius 2 is 1.81 bits per heavy atom. The number of nitrogens with zero attached hydrogens (tertiary/aromatic N) is 1. The monoisotopic (exact) mass is 523 g/mol. The lowest BCUT2D eigenvalue weighted by atomic mass is 10.1. The van der Waals surface area contributed by atoms with Crippen molar-refractivity contribution in [3.63, 3.8) is 0 Å². The molecule has 0 saturated heterocycles. The average Bonchev–Trinajstić information content (AvgIpc) is 3.52. The second-order valence-corrected chi connectivity index (χ2v) is 10.3. The third kappa shape index (κ3) is 4.41. The number of aromatic carboxylic acids is 1. The van der Waals surface area contributed by atoms with Crippen LogP contribution < -0.4 is 9.46 Å². The molecule has 2 heterocycles. The van der Waals surface area contributed by atoms with Crippen LogP contribution in [0.25, 0.3) is 32.7 Å². The van der Waals surface area contributed by atoms with Crippen LogP contribution in [0.2, 0.25) is 0 Å². The minimum Gasteiger partial charge on any atom is -0.495 e. The van der Waals surface area contributed by atoms with Gasteiger partial charge in [-0.05, 0) is 23.8 Å². The summed E-state index contributed by atoms with van der Waals surface area (Å²) in [7, 11) is -2.98. The fourth-order valence-corrected chi connectivity index (χ4v) is 5.86. The number of aromatic amines is 1. The first-order valence-corrected chi connectivity index (χ1v) is 12.9. The van der Waals surface area contributed by atoms with E-state index in [9.17, 15) is 17.6 Å². The van der Waals surface area contributed by atoms with Gasteiger partial charge in [-0.3, -0.25) is 4.72 Å². The highest BCUT2D eigenvalue weighted by Crippen LogP contribution is 2.32. The van der Waals surface area contributed by atoms with Crippen LogP contribution in [0.15, 0.2) is 77.1 Å². The number of aromatic nitrogens is 2. The third-order valence-corrected chi connectivity index (χ3v) is 7.78. The smallest absolute Gasteiger partial charge is 0.338 e. The molecule has 3 aromatic carbocycles. The molecule has 0 aliphatic rings. The van der Waals surface area contributed by atoms with Gasteiger partial charge >= 0.3 is 5.97 Å². The molecule has 8 nitrogen and oxygen atoms in total. The van der Waals surface area contributed by atoms with Gasteiger partial charge in [0.25, 0.3) is 10.0 Å². The van der Waals surface area contributed by atoms with E-state index in [1.165, 1.54) is 12.5 Å². The SMILES string of the molecule is COc1cc(C(=O)O)c(F)cc1NS(=O)(=O)c1csc(-c2ccc(-c3cc4ccccc4[nH]3)cc2)n1. The van der Waals surface area contributed by atoms with Crippen LogP contribution in [0, 0.1) is 5.82 Å². The lowest BCUT2D eigenvalue weighted by Crippen LogP contribution is -2.15. The zero-order valence-corrected chi connectivity index (χ0v) is 20.3. The highest BCUT2D eigenvalue weighted by Gasteiger charge is 2.23. The first-order valence-electron chi connectivity index (χ1n) is 10.5. The highest BCUT2D eigenvalue weighted by atomic mass is 32.2. The van der Waals surface area contributed by atoms with E-state index < -0.39 is 27.4 Å². The number of ether oxygens (including phenoxy) is 1. The van der Waals surface area contributed by atoms with Gasteiger partial charge in [0.2, 0.25) is 0 Å². The summed E-state index contributed by atoms with van der Waals surface area (Å²) in [5.74, 6) is -2.74. The number of halogens is 1. The first kappa shape index (κ1) is 23.5. The number of methoxy groups -OCH3 is 1. The molecule has 2 aromatic heterocycles. The molecule has 5 aromatic rings. The first-order chi connectivity index (χ1) is 17.2. The van der Waals surface area contributed by atoms with Crippen LogP contribution in [0.1, 0.15) is 10.4 Å². The Balaban J connectivity index is 1.39. The Morgan fingerprint density at radius 3 is 2.50 bits per heavy atom. The van der Waals surface area contributed by atoms with Crippen molar-refractivity contribution in [2.75, 3.05) is 11.8 Å². The number of hydrogen-bond donors (Lipinski definition) is 3. The number of carboxylic acids is 1. The van der Waals surface area contributed by atoms with E-state index in [4.69, 9.17) is 9.84 Å². The van der Waals surface area contributed by atoms with E-state index in [-0.39, 0.29) is 16.5 Å². The van der Waals surface area contributed by atoms with Crippen LogP contribution in [0.3, 0.4) is 0 Å². The average molecular weight is 524 g/mol. The molecular formula is C25H18FN3O5S2. The van der Waals surface area contributed by atoms with Crippen molar-refractivity contribution < 1.29 is 27.4 Å². The minimum atomic E-state index is -4.20. The molecule has 0 aliphatic carbocycles. The Bertz CT molecular complexity index is 1680. The highest BCUT2D eigenvalue weighted by molar-refractivity contribution is 7.92. The number of anilines is 1. The van der Waals surface area contributed by atoms with Gasteiger partial charge in [0.05, 0.1) is 18.4 Å². The van der Waals surface area contributed by atoms with Crippen molar-refractivity contribution in [3.05, 3.63) is 83.5 Å². The van der Waals surface area contributed by atoms with Gasteiger partial charge in [0.15, 0.2) is 5.03 Å². The second-order valence-electron chi connectivity index (χ2n) is 7.78. The van der Waals surface area contributed by atoms with Gasteiger partial charge in [-0.2, -0.15) is 8.42 Å². The molecule has 0 spiro atoms. The number of carbonyl (C=O) groups is 1. The van der Waals surface area contributed by atoms with Gasteiger partial charge in [-0.25, -0.2) is 14.2 Å². The summed E-state index contributed by atoms with van der Waals surface area (Å²) >= 11 is 1.14. The van der Waals surface area contributed by atoms with Crippen molar-refractivity contribution in [2.24, 2.45) is 0 Å². The maximum Gasteiger partial charge on any atom is 0.338 e. The largest absolute Gasteiger partial charge is 0.495 e. The lowest BCUT2D eigenvalue weighted by Gasteiger charge is -2.12. The number of rotatable bonds is 7. The molecule has 0 atom stereocenters. The van der Waals surface area contributed by atoms with Crippen LogP contribution in [0.4, 0.5) is 10.1 Å². The number of nitrogens with one attached hydrogen (secondary N) is 2. The fourth-order valence-electron chi connectivity index (χ4n) is 3.70. The second kappa shape index (κ2) is 9.10. The summed E-state index contributed by atoms with van der Waals surface area (Å²) in [6, 6.07) is 19.3. The van der Waals surface area contributed by atoms with Crippen molar-refractivity contribution in [3.8, 4) is 27.6 Å².